The molecule has 0 fully saturated rings. The standard InChI is InChI=1S/C5H6N6O3S/c12-15(13,14)1-3-4(9-11-8-3)5-6-2-7-10-5/h2H,1H2,(H,6,7,10)(H,8,9,11)(H,12,13,14). The molecule has 0 aliphatic carbocycles. The van der Waals surface area contributed by atoms with Crippen molar-refractivity contribution in [3.63, 3.8) is 0 Å². The SMILES string of the molecule is O=S(=O)(O)Cc1n[nH]nc1-c1ncn[nH]1. The molecule has 2 aromatic heterocycles. The summed E-state index contributed by atoms with van der Waals surface area (Å²) < 4.78 is 30.0. The number of nitrogens with one attached hydrogen (secondary N) is 2. The van der Waals surface area contributed by atoms with Crippen LogP contribution in [0.4, 0.5) is 0 Å². The van der Waals surface area contributed by atoms with Gasteiger partial charge >= 0.3 is 0 Å². The lowest BCUT2D eigenvalue weighted by atomic mass is 10.3. The molecule has 80 valence electrons. The highest BCUT2D eigenvalue weighted by molar-refractivity contribution is 7.85. The minimum absolute atomic E-state index is 0.0780. The van der Waals surface area contributed by atoms with E-state index in [-0.39, 0.29) is 17.2 Å². The Morgan fingerprint density at radius 1 is 1.40 bits per heavy atom. The van der Waals surface area contributed by atoms with Gasteiger partial charge in [0, 0.05) is 0 Å². The van der Waals surface area contributed by atoms with Crippen LogP contribution in [0.5, 0.6) is 0 Å². The quantitative estimate of drug-likeness (QED) is 0.573. The van der Waals surface area contributed by atoms with E-state index in [9.17, 15) is 8.42 Å². The molecule has 2 heterocycles. The van der Waals surface area contributed by atoms with Gasteiger partial charge in [-0.25, -0.2) is 4.98 Å². The highest BCUT2D eigenvalue weighted by atomic mass is 32.2. The average Bonchev–Trinajstić information content (AvgIpc) is 2.68. The third-order valence-corrected chi connectivity index (χ3v) is 2.22. The maximum Gasteiger partial charge on any atom is 0.270 e. The van der Waals surface area contributed by atoms with E-state index in [1.54, 1.807) is 0 Å². The molecule has 0 unspecified atom stereocenters. The molecule has 10 heteroatoms. The Bertz CT molecular complexity index is 543. The lowest BCUT2D eigenvalue weighted by Gasteiger charge is -1.94. The van der Waals surface area contributed by atoms with Crippen molar-refractivity contribution in [3.8, 4) is 11.5 Å². The Kier molecular flexibility index (Phi) is 2.21. The summed E-state index contributed by atoms with van der Waals surface area (Å²) >= 11 is 0. The second-order valence-electron chi connectivity index (χ2n) is 2.68. The third kappa shape index (κ3) is 2.16. The van der Waals surface area contributed by atoms with Gasteiger partial charge in [-0.15, -0.1) is 0 Å². The van der Waals surface area contributed by atoms with E-state index in [4.69, 9.17) is 4.55 Å². The zero-order valence-electron chi connectivity index (χ0n) is 7.25. The number of rotatable bonds is 3. The van der Waals surface area contributed by atoms with Crippen LogP contribution in [0.3, 0.4) is 0 Å². The van der Waals surface area contributed by atoms with E-state index in [1.807, 2.05) is 0 Å². The minimum atomic E-state index is -4.15. The molecule has 0 spiro atoms. The van der Waals surface area contributed by atoms with Crippen LogP contribution in [0.15, 0.2) is 6.33 Å². The van der Waals surface area contributed by atoms with Crippen molar-refractivity contribution in [3.05, 3.63) is 12.0 Å². The van der Waals surface area contributed by atoms with Crippen molar-refractivity contribution in [1.82, 2.24) is 30.6 Å². The first-order valence-electron chi connectivity index (χ1n) is 3.77. The smallest absolute Gasteiger partial charge is 0.270 e. The highest BCUT2D eigenvalue weighted by Gasteiger charge is 2.18. The van der Waals surface area contributed by atoms with Gasteiger partial charge in [0.2, 0.25) is 0 Å². The summed E-state index contributed by atoms with van der Waals surface area (Å²) in [6.07, 6.45) is 1.25. The molecule has 0 bridgehead atoms. The van der Waals surface area contributed by atoms with Crippen molar-refractivity contribution >= 4 is 10.1 Å². The Labute approximate surface area is 83.7 Å². The van der Waals surface area contributed by atoms with Crippen LogP contribution in [0.2, 0.25) is 0 Å². The van der Waals surface area contributed by atoms with Gasteiger partial charge in [-0.05, 0) is 0 Å². The summed E-state index contributed by atoms with van der Waals surface area (Å²) in [5, 5.41) is 15.6. The summed E-state index contributed by atoms with van der Waals surface area (Å²) in [6.45, 7) is 0. The van der Waals surface area contributed by atoms with E-state index >= 15 is 0 Å². The first kappa shape index (κ1) is 9.73. The number of aromatic amines is 2. The first-order chi connectivity index (χ1) is 7.06. The van der Waals surface area contributed by atoms with Gasteiger partial charge in [0.15, 0.2) is 11.5 Å². The molecule has 0 aromatic carbocycles. The van der Waals surface area contributed by atoms with E-state index in [1.165, 1.54) is 6.33 Å². The molecular weight excluding hydrogens is 224 g/mol. The summed E-state index contributed by atoms with van der Waals surface area (Å²) in [6, 6.07) is 0. The van der Waals surface area contributed by atoms with Crippen molar-refractivity contribution in [2.24, 2.45) is 0 Å². The number of hydrogen-bond donors (Lipinski definition) is 3. The number of nitrogens with zero attached hydrogens (tertiary/aromatic N) is 4. The fourth-order valence-electron chi connectivity index (χ4n) is 1.04. The molecule has 9 nitrogen and oxygen atoms in total. The van der Waals surface area contributed by atoms with Crippen LogP contribution in [0.1, 0.15) is 5.69 Å². The zero-order chi connectivity index (χ0) is 10.9. The summed E-state index contributed by atoms with van der Waals surface area (Å²) in [5.74, 6) is -0.345. The maximum absolute atomic E-state index is 10.6. The molecule has 0 radical (unpaired) electrons. The van der Waals surface area contributed by atoms with Crippen molar-refractivity contribution in [2.75, 3.05) is 0 Å². The third-order valence-electron chi connectivity index (χ3n) is 1.58. The molecule has 0 aliphatic heterocycles. The average molecular weight is 230 g/mol. The minimum Gasteiger partial charge on any atom is -0.285 e. The summed E-state index contributed by atoms with van der Waals surface area (Å²) in [5.41, 5.74) is 0.291. The molecule has 2 rings (SSSR count). The molecule has 15 heavy (non-hydrogen) atoms. The largest absolute Gasteiger partial charge is 0.285 e. The van der Waals surface area contributed by atoms with Gasteiger partial charge in [-0.1, -0.05) is 0 Å². The number of hydrogen-bond acceptors (Lipinski definition) is 6. The van der Waals surface area contributed by atoms with Crippen molar-refractivity contribution in [2.45, 2.75) is 5.75 Å². The van der Waals surface area contributed by atoms with Crippen LogP contribution < -0.4 is 0 Å². The van der Waals surface area contributed by atoms with Crippen LogP contribution in [0, 0.1) is 0 Å². The molecule has 0 atom stereocenters. The Hall–Kier alpha value is -1.81. The normalized spacial score (nSPS) is 11.8. The monoisotopic (exact) mass is 230 g/mol. The van der Waals surface area contributed by atoms with Gasteiger partial charge in [-0.3, -0.25) is 9.65 Å². The Morgan fingerprint density at radius 3 is 2.80 bits per heavy atom. The molecule has 0 saturated carbocycles. The van der Waals surface area contributed by atoms with Crippen LogP contribution >= 0.6 is 0 Å². The lowest BCUT2D eigenvalue weighted by molar-refractivity contribution is 0.481. The number of H-pyrrole nitrogens is 2. The van der Waals surface area contributed by atoms with Gasteiger partial charge < -0.3 is 0 Å². The second-order valence-corrected chi connectivity index (χ2v) is 4.13. The Morgan fingerprint density at radius 2 is 2.20 bits per heavy atom. The van der Waals surface area contributed by atoms with Crippen LogP contribution in [-0.4, -0.2) is 43.6 Å². The molecule has 0 aliphatic rings. The van der Waals surface area contributed by atoms with Gasteiger partial charge in [0.25, 0.3) is 10.1 Å². The fourth-order valence-corrected chi connectivity index (χ4v) is 1.58. The second kappa shape index (κ2) is 3.40. The predicted octanol–water partition coefficient (Wildman–Crippen LogP) is -1.02. The van der Waals surface area contributed by atoms with Gasteiger partial charge in [-0.2, -0.15) is 28.9 Å². The molecule has 0 saturated heterocycles. The molecular formula is C5H6N6O3S. The zero-order valence-corrected chi connectivity index (χ0v) is 8.06. The van der Waals surface area contributed by atoms with Crippen LogP contribution in [0.25, 0.3) is 11.5 Å². The fraction of sp³-hybridized carbons (Fsp3) is 0.200. The summed E-state index contributed by atoms with van der Waals surface area (Å²) in [7, 11) is -4.15. The van der Waals surface area contributed by atoms with E-state index in [0.717, 1.165) is 0 Å². The van der Waals surface area contributed by atoms with Crippen LogP contribution in [-0.2, 0) is 15.9 Å². The maximum atomic E-state index is 10.6. The molecule has 3 N–H and O–H groups in total. The first-order valence-corrected chi connectivity index (χ1v) is 5.38. The predicted molar refractivity (Wildman–Crippen MR) is 47.0 cm³/mol. The number of aromatic nitrogens is 6. The highest BCUT2D eigenvalue weighted by Crippen LogP contribution is 2.15. The van der Waals surface area contributed by atoms with E-state index in [2.05, 4.69) is 30.6 Å². The molecule has 2 aromatic rings. The van der Waals surface area contributed by atoms with Crippen molar-refractivity contribution < 1.29 is 13.0 Å². The van der Waals surface area contributed by atoms with Crippen molar-refractivity contribution in [1.29, 1.82) is 0 Å². The van der Waals surface area contributed by atoms with E-state index < -0.39 is 15.9 Å². The molecule has 0 amide bonds. The van der Waals surface area contributed by atoms with E-state index in [0.29, 0.717) is 0 Å². The lowest BCUT2D eigenvalue weighted by Crippen LogP contribution is -2.03. The topological polar surface area (TPSA) is 138 Å². The summed E-state index contributed by atoms with van der Waals surface area (Å²) in [4.78, 5) is 3.78. The van der Waals surface area contributed by atoms with Gasteiger partial charge in [0.1, 0.15) is 17.8 Å². The van der Waals surface area contributed by atoms with Gasteiger partial charge in [0.05, 0.1) is 0 Å². The Balaban J connectivity index is 2.39.